The summed E-state index contributed by atoms with van der Waals surface area (Å²) >= 11 is 0. The van der Waals surface area contributed by atoms with Crippen LogP contribution in [0.25, 0.3) is 27.9 Å². The van der Waals surface area contributed by atoms with Crippen LogP contribution < -0.4 is 10.2 Å². The molecule has 0 unspecified atom stereocenters. The molecule has 168 valence electrons. The second kappa shape index (κ2) is 8.90. The smallest absolute Gasteiger partial charge is 0.317 e. The van der Waals surface area contributed by atoms with Crippen LogP contribution >= 0.6 is 0 Å². The molecule has 2 aromatic heterocycles. The van der Waals surface area contributed by atoms with E-state index in [-0.39, 0.29) is 6.03 Å². The lowest BCUT2D eigenvalue weighted by Gasteiger charge is -2.24. The van der Waals surface area contributed by atoms with Gasteiger partial charge in [-0.15, -0.1) is 16.8 Å². The summed E-state index contributed by atoms with van der Waals surface area (Å²) in [7, 11) is 0. The van der Waals surface area contributed by atoms with Crippen LogP contribution in [0.15, 0.2) is 61.2 Å². The summed E-state index contributed by atoms with van der Waals surface area (Å²) < 4.78 is 2.06. The van der Waals surface area contributed by atoms with Crippen molar-refractivity contribution in [2.45, 2.75) is 13.3 Å². The number of hydrogen-bond acceptors (Lipinski definition) is 5. The predicted octanol–water partition coefficient (Wildman–Crippen LogP) is 3.66. The lowest BCUT2D eigenvalue weighted by atomic mass is 10.1. The lowest BCUT2D eigenvalue weighted by Crippen LogP contribution is -2.42. The third-order valence-corrected chi connectivity index (χ3v) is 6.00. The van der Waals surface area contributed by atoms with Gasteiger partial charge in [0.2, 0.25) is 5.95 Å². The number of anilines is 1. The first-order valence-corrected chi connectivity index (χ1v) is 11.3. The zero-order valence-electron chi connectivity index (χ0n) is 18.7. The average Bonchev–Trinajstić information content (AvgIpc) is 3.13. The van der Waals surface area contributed by atoms with Gasteiger partial charge in [-0.1, -0.05) is 48.0 Å². The molecule has 1 aliphatic heterocycles. The summed E-state index contributed by atoms with van der Waals surface area (Å²) in [6, 6.07) is 16.3. The fourth-order valence-corrected chi connectivity index (χ4v) is 4.26. The van der Waals surface area contributed by atoms with E-state index in [0.29, 0.717) is 26.2 Å². The van der Waals surface area contributed by atoms with Crippen LogP contribution in [0, 0.1) is 6.92 Å². The number of para-hydroxylation sites is 1. The van der Waals surface area contributed by atoms with Gasteiger partial charge in [0, 0.05) is 43.7 Å². The minimum Gasteiger partial charge on any atom is -0.340 e. The number of aryl methyl sites for hydroxylation is 1. The largest absolute Gasteiger partial charge is 0.340 e. The minimum absolute atomic E-state index is 0.0574. The van der Waals surface area contributed by atoms with Gasteiger partial charge in [0.05, 0.1) is 5.52 Å². The fraction of sp³-hybridized carbons (Fsp3) is 0.280. The van der Waals surface area contributed by atoms with Gasteiger partial charge in [-0.3, -0.25) is 0 Å². The van der Waals surface area contributed by atoms with Crippen molar-refractivity contribution >= 4 is 28.5 Å². The molecular weight excluding hydrogens is 414 g/mol. The highest BCUT2D eigenvalue weighted by Crippen LogP contribution is 2.29. The van der Waals surface area contributed by atoms with Crippen molar-refractivity contribution in [1.29, 1.82) is 0 Å². The first kappa shape index (κ1) is 20.9. The summed E-state index contributed by atoms with van der Waals surface area (Å²) in [5.74, 6) is 1.57. The summed E-state index contributed by atoms with van der Waals surface area (Å²) in [6.07, 6.45) is 2.54. The Balaban J connectivity index is 1.58. The average molecular weight is 442 g/mol. The molecule has 4 aromatic rings. The van der Waals surface area contributed by atoms with E-state index in [4.69, 9.17) is 4.98 Å². The lowest BCUT2D eigenvalue weighted by molar-refractivity contribution is 0.202. The minimum atomic E-state index is -0.0574. The van der Waals surface area contributed by atoms with E-state index in [1.54, 1.807) is 6.08 Å². The third-order valence-electron chi connectivity index (χ3n) is 6.00. The van der Waals surface area contributed by atoms with Gasteiger partial charge < -0.3 is 15.1 Å². The number of carbonyl (C=O) groups is 1. The van der Waals surface area contributed by atoms with E-state index in [0.717, 1.165) is 46.9 Å². The van der Waals surface area contributed by atoms with E-state index in [2.05, 4.69) is 62.6 Å². The summed E-state index contributed by atoms with van der Waals surface area (Å²) in [4.78, 5) is 21.6. The molecule has 0 spiro atoms. The number of nitrogens with one attached hydrogen (secondary N) is 1. The SMILES string of the molecule is C=CCNC(=O)N1CCCN(c2nc3ccccc3c3nnc(-c4ccc(C)cc4)n23)CC1. The Morgan fingerprint density at radius 2 is 1.88 bits per heavy atom. The molecule has 0 radical (unpaired) electrons. The number of benzene rings is 2. The van der Waals surface area contributed by atoms with E-state index < -0.39 is 0 Å². The first-order chi connectivity index (χ1) is 16.2. The van der Waals surface area contributed by atoms with Crippen molar-refractivity contribution in [3.63, 3.8) is 0 Å². The molecule has 8 heteroatoms. The molecule has 0 bridgehead atoms. The Hall–Kier alpha value is -3.94. The molecule has 1 aliphatic rings. The van der Waals surface area contributed by atoms with E-state index >= 15 is 0 Å². The molecular formula is C25H27N7O. The van der Waals surface area contributed by atoms with E-state index in [1.165, 1.54) is 5.56 Å². The molecule has 1 fully saturated rings. The highest BCUT2D eigenvalue weighted by molar-refractivity contribution is 5.93. The molecule has 2 amide bonds. The van der Waals surface area contributed by atoms with Crippen LogP contribution in [-0.4, -0.2) is 63.2 Å². The van der Waals surface area contributed by atoms with Gasteiger partial charge >= 0.3 is 6.03 Å². The fourth-order valence-electron chi connectivity index (χ4n) is 4.26. The second-order valence-electron chi connectivity index (χ2n) is 8.28. The molecule has 8 nitrogen and oxygen atoms in total. The quantitative estimate of drug-likeness (QED) is 0.489. The highest BCUT2D eigenvalue weighted by atomic mass is 16.2. The molecule has 33 heavy (non-hydrogen) atoms. The maximum atomic E-state index is 12.5. The van der Waals surface area contributed by atoms with Crippen molar-refractivity contribution in [1.82, 2.24) is 29.8 Å². The van der Waals surface area contributed by atoms with Gasteiger partial charge in [-0.05, 0) is 25.5 Å². The number of nitrogens with zero attached hydrogens (tertiary/aromatic N) is 6. The first-order valence-electron chi connectivity index (χ1n) is 11.3. The van der Waals surface area contributed by atoms with E-state index in [1.807, 2.05) is 29.2 Å². The molecule has 1 saturated heterocycles. The van der Waals surface area contributed by atoms with Gasteiger partial charge in [0.1, 0.15) is 0 Å². The Labute approximate surface area is 192 Å². The van der Waals surface area contributed by atoms with Crippen molar-refractivity contribution in [3.8, 4) is 11.4 Å². The monoisotopic (exact) mass is 441 g/mol. The Bertz CT molecular complexity index is 1310. The summed E-state index contributed by atoms with van der Waals surface area (Å²) in [5.41, 5.74) is 3.86. The van der Waals surface area contributed by atoms with Gasteiger partial charge in [-0.2, -0.15) is 0 Å². The number of carbonyl (C=O) groups excluding carboxylic acids is 1. The van der Waals surface area contributed by atoms with Crippen LogP contribution in [0.2, 0.25) is 0 Å². The summed E-state index contributed by atoms with van der Waals surface area (Å²) in [5, 5.41) is 13.0. The molecule has 0 atom stereocenters. The van der Waals surface area contributed by atoms with Crippen LogP contribution in [0.4, 0.5) is 10.7 Å². The predicted molar refractivity (Wildman–Crippen MR) is 130 cm³/mol. The van der Waals surface area contributed by atoms with Crippen LogP contribution in [0.5, 0.6) is 0 Å². The number of fused-ring (bicyclic) bond motifs is 3. The van der Waals surface area contributed by atoms with Crippen molar-refractivity contribution in [3.05, 3.63) is 66.7 Å². The zero-order valence-corrected chi connectivity index (χ0v) is 18.7. The van der Waals surface area contributed by atoms with Crippen LogP contribution in [0.3, 0.4) is 0 Å². The number of aromatic nitrogens is 4. The molecule has 1 N–H and O–H groups in total. The Morgan fingerprint density at radius 3 is 2.70 bits per heavy atom. The van der Waals surface area contributed by atoms with Crippen LogP contribution in [0.1, 0.15) is 12.0 Å². The molecule has 0 saturated carbocycles. The number of rotatable bonds is 4. The molecule has 0 aliphatic carbocycles. The Morgan fingerprint density at radius 1 is 1.06 bits per heavy atom. The second-order valence-corrected chi connectivity index (χ2v) is 8.28. The molecule has 3 heterocycles. The molecule has 2 aromatic carbocycles. The normalized spacial score (nSPS) is 14.5. The van der Waals surface area contributed by atoms with Crippen molar-refractivity contribution in [2.24, 2.45) is 0 Å². The number of amides is 2. The summed E-state index contributed by atoms with van der Waals surface area (Å²) in [6.45, 7) is 8.98. The topological polar surface area (TPSA) is 78.7 Å². The highest BCUT2D eigenvalue weighted by Gasteiger charge is 2.24. The van der Waals surface area contributed by atoms with Crippen molar-refractivity contribution in [2.75, 3.05) is 37.6 Å². The standard InChI is InChI=1S/C25H27N7O/c1-3-13-26-25(33)31-15-6-14-30(16-17-31)24-27-21-8-5-4-7-20(21)23-29-28-22(32(23)24)19-11-9-18(2)10-12-19/h3-5,7-12H,1,6,13-17H2,2H3,(H,26,33). The van der Waals surface area contributed by atoms with Gasteiger partial charge in [0.15, 0.2) is 11.5 Å². The van der Waals surface area contributed by atoms with Crippen molar-refractivity contribution < 1.29 is 4.79 Å². The zero-order chi connectivity index (χ0) is 22.8. The third kappa shape index (κ3) is 4.00. The van der Waals surface area contributed by atoms with E-state index in [9.17, 15) is 4.79 Å². The number of hydrogen-bond donors (Lipinski definition) is 1. The molecule has 5 rings (SSSR count). The maximum absolute atomic E-state index is 12.5. The number of urea groups is 1. The maximum Gasteiger partial charge on any atom is 0.317 e. The van der Waals surface area contributed by atoms with Gasteiger partial charge in [-0.25, -0.2) is 14.2 Å². The van der Waals surface area contributed by atoms with Gasteiger partial charge in [0.25, 0.3) is 0 Å². The van der Waals surface area contributed by atoms with Crippen LogP contribution in [-0.2, 0) is 0 Å². The Kier molecular flexibility index (Phi) is 5.64.